The second-order valence-electron chi connectivity index (χ2n) is 6.43. The highest BCUT2D eigenvalue weighted by Crippen LogP contribution is 2.25. The number of hydrogen-bond donors (Lipinski definition) is 2. The van der Waals surface area contributed by atoms with Gasteiger partial charge >= 0.3 is 0 Å². The fourth-order valence-electron chi connectivity index (χ4n) is 2.62. The first kappa shape index (κ1) is 21.9. The Kier molecular flexibility index (Phi) is 8.21. The highest BCUT2D eigenvalue weighted by atomic mass is 16.5. The van der Waals surface area contributed by atoms with Crippen LogP contribution < -0.4 is 20.2 Å². The summed E-state index contributed by atoms with van der Waals surface area (Å²) >= 11 is 0. The van der Waals surface area contributed by atoms with Gasteiger partial charge in [0.15, 0.2) is 0 Å². The lowest BCUT2D eigenvalue weighted by molar-refractivity contribution is -0.116. The van der Waals surface area contributed by atoms with Crippen molar-refractivity contribution >= 4 is 23.2 Å². The third kappa shape index (κ3) is 6.34. The average Bonchev–Trinajstić information content (AvgIpc) is 2.75. The molecule has 0 aliphatic rings. The normalized spacial score (nSPS) is 11.0. The molecular weight excluding hydrogens is 370 g/mol. The van der Waals surface area contributed by atoms with E-state index in [0.717, 1.165) is 18.4 Å². The van der Waals surface area contributed by atoms with E-state index in [-0.39, 0.29) is 11.8 Å². The zero-order valence-electron chi connectivity index (χ0n) is 17.2. The highest BCUT2D eigenvalue weighted by Gasteiger charge is 2.10. The minimum Gasteiger partial charge on any atom is -0.497 e. The Bertz CT molecular complexity index is 876. The lowest BCUT2D eigenvalue weighted by Gasteiger charge is -2.10. The molecule has 0 spiro atoms. The second-order valence-corrected chi connectivity index (χ2v) is 6.43. The van der Waals surface area contributed by atoms with Crippen molar-refractivity contribution in [1.82, 2.24) is 5.43 Å². The van der Waals surface area contributed by atoms with Crippen LogP contribution in [0.2, 0.25) is 0 Å². The number of hydrazone groups is 1. The number of rotatable bonds is 9. The quantitative estimate of drug-likeness (QED) is 0.495. The maximum atomic E-state index is 12.4. The predicted octanol–water partition coefficient (Wildman–Crippen LogP) is 3.99. The fraction of sp³-hybridized carbons (Fsp3) is 0.318. The lowest BCUT2D eigenvalue weighted by Crippen LogP contribution is -2.19. The molecule has 154 valence electrons. The first-order valence-corrected chi connectivity index (χ1v) is 9.45. The minimum absolute atomic E-state index is 0.0299. The molecule has 0 heterocycles. The lowest BCUT2D eigenvalue weighted by atomic mass is 10.1. The number of nitrogens with zero attached hydrogens (tertiary/aromatic N) is 1. The molecule has 2 rings (SSSR count). The summed E-state index contributed by atoms with van der Waals surface area (Å²) in [6.07, 6.45) is 2.30. The molecule has 0 saturated heterocycles. The van der Waals surface area contributed by atoms with Crippen molar-refractivity contribution < 1.29 is 19.1 Å². The molecule has 2 aromatic carbocycles. The zero-order chi connectivity index (χ0) is 21.2. The number of benzene rings is 2. The van der Waals surface area contributed by atoms with Gasteiger partial charge in [0.05, 0.1) is 19.9 Å². The summed E-state index contributed by atoms with van der Waals surface area (Å²) in [4.78, 5) is 24.1. The van der Waals surface area contributed by atoms with E-state index in [1.165, 1.54) is 0 Å². The standard InChI is InChI=1S/C22H27N3O4/c1-5-6-7-21(26)23-17-10-8-16(9-11-17)22(27)25-24-15(2)19-13-12-18(28-3)14-20(19)29-4/h8-14H,5-7H2,1-4H3,(H,23,26)(H,25,27). The molecule has 29 heavy (non-hydrogen) atoms. The van der Waals surface area contributed by atoms with E-state index < -0.39 is 0 Å². The third-order valence-corrected chi connectivity index (χ3v) is 4.31. The molecule has 2 amide bonds. The van der Waals surface area contributed by atoms with Gasteiger partial charge in [-0.25, -0.2) is 5.43 Å². The van der Waals surface area contributed by atoms with Crippen molar-refractivity contribution in [1.29, 1.82) is 0 Å². The number of amides is 2. The first-order chi connectivity index (χ1) is 14.0. The molecule has 0 unspecified atom stereocenters. The van der Waals surface area contributed by atoms with Crippen molar-refractivity contribution in [2.75, 3.05) is 19.5 Å². The Morgan fingerprint density at radius 2 is 1.76 bits per heavy atom. The minimum atomic E-state index is -0.347. The van der Waals surface area contributed by atoms with E-state index in [1.807, 2.05) is 13.0 Å². The van der Waals surface area contributed by atoms with Crippen molar-refractivity contribution in [3.05, 3.63) is 53.6 Å². The van der Waals surface area contributed by atoms with Gasteiger partial charge in [-0.1, -0.05) is 13.3 Å². The van der Waals surface area contributed by atoms with Gasteiger partial charge in [0.2, 0.25) is 5.91 Å². The van der Waals surface area contributed by atoms with Crippen molar-refractivity contribution in [2.24, 2.45) is 5.10 Å². The number of anilines is 1. The molecule has 0 saturated carbocycles. The van der Waals surface area contributed by atoms with E-state index in [4.69, 9.17) is 9.47 Å². The Morgan fingerprint density at radius 1 is 1.03 bits per heavy atom. The molecule has 0 aliphatic heterocycles. The van der Waals surface area contributed by atoms with Crippen LogP contribution >= 0.6 is 0 Å². The van der Waals surface area contributed by atoms with Gasteiger partial charge in [-0.15, -0.1) is 0 Å². The zero-order valence-corrected chi connectivity index (χ0v) is 17.2. The smallest absolute Gasteiger partial charge is 0.271 e. The molecular formula is C22H27N3O4. The van der Waals surface area contributed by atoms with Gasteiger partial charge in [0.25, 0.3) is 5.91 Å². The van der Waals surface area contributed by atoms with Crippen LogP contribution in [0.4, 0.5) is 5.69 Å². The summed E-state index contributed by atoms with van der Waals surface area (Å²) in [7, 11) is 3.14. The van der Waals surface area contributed by atoms with Crippen LogP contribution in [0.15, 0.2) is 47.6 Å². The molecule has 7 heteroatoms. The van der Waals surface area contributed by atoms with Gasteiger partial charge in [-0.05, 0) is 49.7 Å². The van der Waals surface area contributed by atoms with Gasteiger partial charge in [-0.2, -0.15) is 5.10 Å². The summed E-state index contributed by atoms with van der Waals surface area (Å²) in [5, 5.41) is 6.98. The molecule has 2 N–H and O–H groups in total. The molecule has 0 aliphatic carbocycles. The number of carbonyl (C=O) groups excluding carboxylic acids is 2. The maximum Gasteiger partial charge on any atom is 0.271 e. The monoisotopic (exact) mass is 397 g/mol. The molecule has 0 radical (unpaired) electrons. The summed E-state index contributed by atoms with van der Waals surface area (Å²) in [5.74, 6) is 0.894. The van der Waals surface area contributed by atoms with Gasteiger partial charge in [0, 0.05) is 29.3 Å². The first-order valence-electron chi connectivity index (χ1n) is 9.45. The van der Waals surface area contributed by atoms with E-state index >= 15 is 0 Å². The van der Waals surface area contributed by atoms with Crippen LogP contribution in [0.1, 0.15) is 49.0 Å². The highest BCUT2D eigenvalue weighted by molar-refractivity contribution is 6.03. The SMILES string of the molecule is CCCCC(=O)Nc1ccc(C(=O)NN=C(C)c2ccc(OC)cc2OC)cc1. The Balaban J connectivity index is 2.02. The number of carbonyl (C=O) groups is 2. The van der Waals surface area contributed by atoms with E-state index in [2.05, 4.69) is 15.8 Å². The van der Waals surface area contributed by atoms with Crippen molar-refractivity contribution in [3.63, 3.8) is 0 Å². The van der Waals surface area contributed by atoms with Gasteiger partial charge in [0.1, 0.15) is 11.5 Å². The molecule has 0 aromatic heterocycles. The average molecular weight is 397 g/mol. The Morgan fingerprint density at radius 3 is 2.38 bits per heavy atom. The topological polar surface area (TPSA) is 89.0 Å². The largest absolute Gasteiger partial charge is 0.497 e. The number of methoxy groups -OCH3 is 2. The summed E-state index contributed by atoms with van der Waals surface area (Å²) in [5.41, 5.74) is 4.98. The number of ether oxygens (including phenoxy) is 2. The molecule has 2 aromatic rings. The number of hydrogen-bond acceptors (Lipinski definition) is 5. The number of unbranched alkanes of at least 4 members (excludes halogenated alkanes) is 1. The van der Waals surface area contributed by atoms with Crippen LogP contribution in [0.25, 0.3) is 0 Å². The predicted molar refractivity (Wildman–Crippen MR) is 114 cm³/mol. The van der Waals surface area contributed by atoms with Crippen LogP contribution in [0, 0.1) is 0 Å². The summed E-state index contributed by atoms with van der Waals surface area (Å²) in [6, 6.07) is 12.0. The third-order valence-electron chi connectivity index (χ3n) is 4.31. The number of nitrogens with one attached hydrogen (secondary N) is 2. The van der Waals surface area contributed by atoms with E-state index in [1.54, 1.807) is 57.5 Å². The Hall–Kier alpha value is -3.35. The van der Waals surface area contributed by atoms with Crippen LogP contribution in [-0.2, 0) is 4.79 Å². The second kappa shape index (κ2) is 10.8. The van der Waals surface area contributed by atoms with Crippen LogP contribution in [-0.4, -0.2) is 31.7 Å². The molecule has 7 nitrogen and oxygen atoms in total. The maximum absolute atomic E-state index is 12.4. The van der Waals surface area contributed by atoms with Crippen LogP contribution in [0.5, 0.6) is 11.5 Å². The van der Waals surface area contributed by atoms with E-state index in [9.17, 15) is 9.59 Å². The van der Waals surface area contributed by atoms with Gasteiger partial charge in [-0.3, -0.25) is 9.59 Å². The molecule has 0 bridgehead atoms. The molecule has 0 atom stereocenters. The fourth-order valence-corrected chi connectivity index (χ4v) is 2.62. The van der Waals surface area contributed by atoms with Crippen molar-refractivity contribution in [3.8, 4) is 11.5 Å². The summed E-state index contributed by atoms with van der Waals surface area (Å²) < 4.78 is 10.5. The molecule has 0 fully saturated rings. The van der Waals surface area contributed by atoms with E-state index in [0.29, 0.717) is 34.9 Å². The van der Waals surface area contributed by atoms with Crippen LogP contribution in [0.3, 0.4) is 0 Å². The Labute approximate surface area is 171 Å². The summed E-state index contributed by atoms with van der Waals surface area (Å²) in [6.45, 7) is 3.81. The van der Waals surface area contributed by atoms with Crippen molar-refractivity contribution in [2.45, 2.75) is 33.1 Å². The van der Waals surface area contributed by atoms with Gasteiger partial charge < -0.3 is 14.8 Å².